The molecule has 0 aromatic carbocycles. The molecule has 0 aliphatic rings. The first-order chi connectivity index (χ1) is 13.0. The third-order valence-corrected chi connectivity index (χ3v) is 4.00. The van der Waals surface area contributed by atoms with E-state index in [1.54, 1.807) is 41.5 Å². The molecule has 0 heterocycles. The highest BCUT2D eigenvalue weighted by Gasteiger charge is 2.34. The molecule has 0 aromatic rings. The quantitative estimate of drug-likeness (QED) is 0.321. The van der Waals surface area contributed by atoms with Crippen molar-refractivity contribution >= 4 is 23.8 Å². The second kappa shape index (κ2) is 12.3. The Kier molecular flexibility index (Phi) is 11.3. The number of nitrogens with one attached hydrogen (secondary N) is 2. The summed E-state index contributed by atoms with van der Waals surface area (Å²) < 4.78 is 9.85. The SMILES string of the molecule is CCOC(=O)[C@@H](NC(=O)[C@H](N)[C@@H](N)C(=O)N[C@H](C(=O)OCC)C(C)C)C(C)C. The smallest absolute Gasteiger partial charge is 0.328 e. The van der Waals surface area contributed by atoms with Crippen LogP contribution in [0.1, 0.15) is 41.5 Å². The first kappa shape index (κ1) is 25.8. The minimum atomic E-state index is -1.43. The molecule has 10 heteroatoms. The Bertz CT molecular complexity index is 504. The van der Waals surface area contributed by atoms with Gasteiger partial charge in [0.15, 0.2) is 0 Å². The maximum atomic E-state index is 12.4. The number of carbonyl (C=O) groups excluding carboxylic acids is 4. The van der Waals surface area contributed by atoms with Gasteiger partial charge in [0.25, 0.3) is 0 Å². The van der Waals surface area contributed by atoms with E-state index in [0.29, 0.717) is 0 Å². The molecule has 0 saturated carbocycles. The molecule has 0 saturated heterocycles. The van der Waals surface area contributed by atoms with Crippen molar-refractivity contribution < 1.29 is 28.7 Å². The zero-order chi connectivity index (χ0) is 22.0. The summed E-state index contributed by atoms with van der Waals surface area (Å²) >= 11 is 0. The van der Waals surface area contributed by atoms with Crippen molar-refractivity contribution in [3.63, 3.8) is 0 Å². The highest BCUT2D eigenvalue weighted by atomic mass is 16.5. The molecule has 6 N–H and O–H groups in total. The number of esters is 2. The van der Waals surface area contributed by atoms with Crippen molar-refractivity contribution in [2.45, 2.75) is 65.7 Å². The van der Waals surface area contributed by atoms with Crippen LogP contribution in [0, 0.1) is 11.8 Å². The van der Waals surface area contributed by atoms with Crippen LogP contribution in [-0.4, -0.2) is 61.1 Å². The summed E-state index contributed by atoms with van der Waals surface area (Å²) in [6.45, 7) is 10.5. The predicted molar refractivity (Wildman–Crippen MR) is 103 cm³/mol. The standard InChI is InChI=1S/C18H34N4O6/c1-7-27-17(25)13(9(3)4)21-15(23)11(19)12(20)16(24)22-14(10(5)6)18(26)28-8-2/h9-14H,7-8,19-20H2,1-6H3,(H,21,23)(H,22,24)/t11-,12-,13+,14+/m1/s1. The number of carbonyl (C=O) groups is 4. The lowest BCUT2D eigenvalue weighted by Gasteiger charge is -2.26. The lowest BCUT2D eigenvalue weighted by Crippen LogP contribution is -2.62. The number of ether oxygens (including phenoxy) is 2. The van der Waals surface area contributed by atoms with Crippen molar-refractivity contribution in [2.24, 2.45) is 23.3 Å². The van der Waals surface area contributed by atoms with Crippen molar-refractivity contribution in [1.82, 2.24) is 10.6 Å². The van der Waals surface area contributed by atoms with E-state index in [-0.39, 0.29) is 25.0 Å². The maximum Gasteiger partial charge on any atom is 0.328 e. The minimum Gasteiger partial charge on any atom is -0.464 e. The van der Waals surface area contributed by atoms with Crippen molar-refractivity contribution in [2.75, 3.05) is 13.2 Å². The van der Waals surface area contributed by atoms with Crippen molar-refractivity contribution in [3.8, 4) is 0 Å². The lowest BCUT2D eigenvalue weighted by atomic mass is 10.0. The van der Waals surface area contributed by atoms with Crippen LogP contribution in [0.25, 0.3) is 0 Å². The van der Waals surface area contributed by atoms with E-state index in [4.69, 9.17) is 20.9 Å². The Hall–Kier alpha value is -2.20. The van der Waals surface area contributed by atoms with Gasteiger partial charge in [-0.1, -0.05) is 27.7 Å². The Morgan fingerprint density at radius 1 is 0.714 bits per heavy atom. The van der Waals surface area contributed by atoms with E-state index in [2.05, 4.69) is 10.6 Å². The zero-order valence-corrected chi connectivity index (χ0v) is 17.5. The summed E-state index contributed by atoms with van der Waals surface area (Å²) in [6, 6.07) is -4.69. The lowest BCUT2D eigenvalue weighted by molar-refractivity contribution is -0.150. The third-order valence-electron chi connectivity index (χ3n) is 4.00. The van der Waals surface area contributed by atoms with Gasteiger partial charge in [-0.2, -0.15) is 0 Å². The van der Waals surface area contributed by atoms with Crippen molar-refractivity contribution in [1.29, 1.82) is 0 Å². The highest BCUT2D eigenvalue weighted by Crippen LogP contribution is 2.07. The average molecular weight is 402 g/mol. The molecule has 10 nitrogen and oxygen atoms in total. The van der Waals surface area contributed by atoms with Gasteiger partial charge in [-0.3, -0.25) is 9.59 Å². The van der Waals surface area contributed by atoms with Crippen LogP contribution in [0.5, 0.6) is 0 Å². The summed E-state index contributed by atoms with van der Waals surface area (Å²) in [5.74, 6) is -3.25. The van der Waals surface area contributed by atoms with Gasteiger partial charge in [0.05, 0.1) is 13.2 Å². The van der Waals surface area contributed by atoms with Gasteiger partial charge in [-0.15, -0.1) is 0 Å². The van der Waals surface area contributed by atoms with Gasteiger partial charge in [-0.25, -0.2) is 9.59 Å². The van der Waals surface area contributed by atoms with Crippen LogP contribution in [0.3, 0.4) is 0 Å². The van der Waals surface area contributed by atoms with Gasteiger partial charge >= 0.3 is 11.9 Å². The van der Waals surface area contributed by atoms with Crippen LogP contribution in [0.4, 0.5) is 0 Å². The van der Waals surface area contributed by atoms with Crippen LogP contribution in [0.15, 0.2) is 0 Å². The fourth-order valence-electron chi connectivity index (χ4n) is 2.28. The second-order valence-electron chi connectivity index (χ2n) is 7.02. The normalized spacial score (nSPS) is 15.4. The molecule has 0 aromatic heterocycles. The third kappa shape index (κ3) is 7.81. The molecule has 0 rings (SSSR count). The summed E-state index contributed by atoms with van der Waals surface area (Å²) in [7, 11) is 0. The molecule has 0 fully saturated rings. The molecule has 2 amide bonds. The predicted octanol–water partition coefficient (Wildman–Crippen LogP) is -0.951. The fraction of sp³-hybridized carbons (Fsp3) is 0.778. The van der Waals surface area contributed by atoms with Gasteiger partial charge in [0, 0.05) is 0 Å². The molecule has 0 aliphatic heterocycles. The first-order valence-electron chi connectivity index (χ1n) is 9.42. The molecular weight excluding hydrogens is 368 g/mol. The zero-order valence-electron chi connectivity index (χ0n) is 17.5. The molecule has 0 aliphatic carbocycles. The van der Waals surface area contributed by atoms with E-state index in [0.717, 1.165) is 0 Å². The molecule has 162 valence electrons. The van der Waals surface area contributed by atoms with Crippen LogP contribution in [0.2, 0.25) is 0 Å². The van der Waals surface area contributed by atoms with Gasteiger partial charge in [0.1, 0.15) is 24.2 Å². The fourth-order valence-corrected chi connectivity index (χ4v) is 2.28. The van der Waals surface area contributed by atoms with Gasteiger partial charge < -0.3 is 31.6 Å². The second-order valence-corrected chi connectivity index (χ2v) is 7.02. The van der Waals surface area contributed by atoms with Crippen LogP contribution >= 0.6 is 0 Å². The summed E-state index contributed by atoms with van der Waals surface area (Å²) in [4.78, 5) is 48.7. The minimum absolute atomic E-state index is 0.163. The van der Waals surface area contributed by atoms with Gasteiger partial charge in [-0.05, 0) is 25.7 Å². The van der Waals surface area contributed by atoms with E-state index >= 15 is 0 Å². The Morgan fingerprint density at radius 2 is 1.00 bits per heavy atom. The topological polar surface area (TPSA) is 163 Å². The van der Waals surface area contributed by atoms with E-state index < -0.39 is 47.9 Å². The number of hydrogen-bond donors (Lipinski definition) is 4. The average Bonchev–Trinajstić information content (AvgIpc) is 2.61. The Labute approximate surface area is 166 Å². The summed E-state index contributed by atoms with van der Waals surface area (Å²) in [6.07, 6.45) is 0. The van der Waals surface area contributed by atoms with E-state index in [1.807, 2.05) is 0 Å². The highest BCUT2D eigenvalue weighted by molar-refractivity contribution is 5.95. The maximum absolute atomic E-state index is 12.4. The molecule has 0 bridgehead atoms. The van der Waals surface area contributed by atoms with Gasteiger partial charge in [0.2, 0.25) is 11.8 Å². The monoisotopic (exact) mass is 402 g/mol. The molecule has 28 heavy (non-hydrogen) atoms. The molecule has 0 radical (unpaired) electrons. The molecular formula is C18H34N4O6. The first-order valence-corrected chi connectivity index (χ1v) is 9.42. The number of nitrogens with two attached hydrogens (primary N) is 2. The number of hydrogen-bond acceptors (Lipinski definition) is 8. The molecule has 4 atom stereocenters. The summed E-state index contributed by atoms with van der Waals surface area (Å²) in [5.41, 5.74) is 11.6. The largest absolute Gasteiger partial charge is 0.464 e. The van der Waals surface area contributed by atoms with Crippen molar-refractivity contribution in [3.05, 3.63) is 0 Å². The number of amides is 2. The number of rotatable bonds is 11. The molecule has 0 spiro atoms. The van der Waals surface area contributed by atoms with Crippen LogP contribution in [-0.2, 0) is 28.7 Å². The summed E-state index contributed by atoms with van der Waals surface area (Å²) in [5, 5.41) is 4.93. The Balaban J connectivity index is 5.07. The molecule has 0 unspecified atom stereocenters. The van der Waals surface area contributed by atoms with E-state index in [1.165, 1.54) is 0 Å². The van der Waals surface area contributed by atoms with Crippen LogP contribution < -0.4 is 22.1 Å². The van der Waals surface area contributed by atoms with E-state index in [9.17, 15) is 19.2 Å². The Morgan fingerprint density at radius 3 is 1.21 bits per heavy atom.